The summed E-state index contributed by atoms with van der Waals surface area (Å²) in [5.74, 6) is 3.52. The van der Waals surface area contributed by atoms with E-state index >= 15 is 0 Å². The van der Waals surface area contributed by atoms with Crippen LogP contribution in [0.1, 0.15) is 19.3 Å². The predicted molar refractivity (Wildman–Crippen MR) is 102 cm³/mol. The van der Waals surface area contributed by atoms with Crippen LogP contribution in [-0.4, -0.2) is 73.2 Å². The molecule has 1 aromatic rings. The van der Waals surface area contributed by atoms with Gasteiger partial charge in [-0.2, -0.15) is 11.8 Å². The van der Waals surface area contributed by atoms with Gasteiger partial charge < -0.3 is 19.3 Å². The average molecular weight is 365 g/mol. The van der Waals surface area contributed by atoms with Gasteiger partial charge in [0.25, 0.3) is 5.91 Å². The van der Waals surface area contributed by atoms with Crippen molar-refractivity contribution in [3.8, 4) is 11.5 Å². The number of rotatable bonds is 6. The van der Waals surface area contributed by atoms with E-state index in [4.69, 9.17) is 9.47 Å². The Morgan fingerprint density at radius 3 is 2.68 bits per heavy atom. The van der Waals surface area contributed by atoms with Crippen LogP contribution in [0.4, 0.5) is 0 Å². The summed E-state index contributed by atoms with van der Waals surface area (Å²) in [5, 5.41) is 0. The normalized spacial score (nSPS) is 21.8. The van der Waals surface area contributed by atoms with Gasteiger partial charge in [-0.1, -0.05) is 12.1 Å². The van der Waals surface area contributed by atoms with E-state index in [1.807, 2.05) is 40.9 Å². The van der Waals surface area contributed by atoms with E-state index in [0.717, 1.165) is 31.0 Å². The third-order valence-corrected chi connectivity index (χ3v) is 6.04. The van der Waals surface area contributed by atoms with Gasteiger partial charge in [-0.05, 0) is 50.2 Å². The Morgan fingerprint density at radius 2 is 1.92 bits per heavy atom. The molecule has 0 bridgehead atoms. The number of carbonyl (C=O) groups is 1. The first-order valence-electron chi connectivity index (χ1n) is 9.13. The van der Waals surface area contributed by atoms with Gasteiger partial charge in [0.05, 0.1) is 13.2 Å². The number of ether oxygens (including phenoxy) is 2. The summed E-state index contributed by atoms with van der Waals surface area (Å²) in [7, 11) is 1.61. The van der Waals surface area contributed by atoms with Gasteiger partial charge in [-0.25, -0.2) is 0 Å². The van der Waals surface area contributed by atoms with Crippen molar-refractivity contribution in [2.24, 2.45) is 0 Å². The summed E-state index contributed by atoms with van der Waals surface area (Å²) in [6.07, 6.45) is 3.62. The molecular weight excluding hydrogens is 336 g/mol. The Balaban J connectivity index is 1.60. The van der Waals surface area contributed by atoms with Crippen molar-refractivity contribution in [1.82, 2.24) is 9.80 Å². The van der Waals surface area contributed by atoms with Crippen LogP contribution in [0, 0.1) is 0 Å². The Bertz CT molecular complexity index is 563. The first kappa shape index (κ1) is 18.4. The monoisotopic (exact) mass is 364 g/mol. The minimum atomic E-state index is 0.0710. The molecule has 3 rings (SSSR count). The van der Waals surface area contributed by atoms with Gasteiger partial charge in [0, 0.05) is 18.8 Å². The quantitative estimate of drug-likeness (QED) is 0.776. The van der Waals surface area contributed by atoms with Gasteiger partial charge in [0.2, 0.25) is 0 Å². The Morgan fingerprint density at radius 1 is 1.16 bits per heavy atom. The van der Waals surface area contributed by atoms with Gasteiger partial charge in [0.15, 0.2) is 18.1 Å². The summed E-state index contributed by atoms with van der Waals surface area (Å²) in [6, 6.07) is 7.76. The molecule has 2 heterocycles. The molecule has 25 heavy (non-hydrogen) atoms. The first-order chi connectivity index (χ1) is 12.3. The fourth-order valence-electron chi connectivity index (χ4n) is 3.53. The fraction of sp³-hybridized carbons (Fsp3) is 0.632. The lowest BCUT2D eigenvalue weighted by atomic mass is 10.2. The van der Waals surface area contributed by atoms with Crippen molar-refractivity contribution in [2.45, 2.75) is 25.3 Å². The lowest BCUT2D eigenvalue weighted by Gasteiger charge is -2.32. The molecule has 1 unspecified atom stereocenters. The SMILES string of the molecule is COc1ccccc1OCC(=O)N1CCCSCC1CN1CCCC1. The minimum Gasteiger partial charge on any atom is -0.493 e. The highest BCUT2D eigenvalue weighted by Gasteiger charge is 2.28. The Labute approximate surface area is 154 Å². The number of thioether (sulfide) groups is 1. The highest BCUT2D eigenvalue weighted by molar-refractivity contribution is 7.99. The van der Waals surface area contributed by atoms with Crippen molar-refractivity contribution in [3.05, 3.63) is 24.3 Å². The number of benzene rings is 1. The number of amides is 1. The minimum absolute atomic E-state index is 0.0710. The van der Waals surface area contributed by atoms with Crippen molar-refractivity contribution in [1.29, 1.82) is 0 Å². The molecule has 0 saturated carbocycles. The molecule has 0 aliphatic carbocycles. The maximum Gasteiger partial charge on any atom is 0.260 e. The molecule has 2 saturated heterocycles. The van der Waals surface area contributed by atoms with Gasteiger partial charge in [-0.3, -0.25) is 4.79 Å². The highest BCUT2D eigenvalue weighted by Crippen LogP contribution is 2.26. The zero-order chi connectivity index (χ0) is 17.5. The molecule has 1 atom stereocenters. The second-order valence-electron chi connectivity index (χ2n) is 6.62. The summed E-state index contributed by atoms with van der Waals surface area (Å²) < 4.78 is 11.1. The average Bonchev–Trinajstić information content (AvgIpc) is 3.04. The van der Waals surface area contributed by atoms with E-state index in [9.17, 15) is 4.79 Å². The number of nitrogens with zero attached hydrogens (tertiary/aromatic N) is 2. The summed E-state index contributed by atoms with van der Waals surface area (Å²) >= 11 is 1.97. The van der Waals surface area contributed by atoms with E-state index < -0.39 is 0 Å². The molecule has 1 amide bonds. The molecule has 0 N–H and O–H groups in total. The largest absolute Gasteiger partial charge is 0.493 e. The van der Waals surface area contributed by atoms with Crippen LogP contribution < -0.4 is 9.47 Å². The zero-order valence-corrected chi connectivity index (χ0v) is 15.8. The zero-order valence-electron chi connectivity index (χ0n) is 15.0. The van der Waals surface area contributed by atoms with Crippen LogP contribution in [0.15, 0.2) is 24.3 Å². The third-order valence-electron chi connectivity index (χ3n) is 4.85. The van der Waals surface area contributed by atoms with Gasteiger partial charge in [0.1, 0.15) is 0 Å². The van der Waals surface area contributed by atoms with E-state index in [0.29, 0.717) is 17.5 Å². The van der Waals surface area contributed by atoms with E-state index in [-0.39, 0.29) is 12.5 Å². The third kappa shape index (κ3) is 5.05. The van der Waals surface area contributed by atoms with Crippen LogP contribution in [0.2, 0.25) is 0 Å². The molecule has 6 heteroatoms. The number of hydrogen-bond donors (Lipinski definition) is 0. The molecular formula is C19H28N2O3S. The first-order valence-corrected chi connectivity index (χ1v) is 10.3. The van der Waals surface area contributed by atoms with Crippen molar-refractivity contribution >= 4 is 17.7 Å². The van der Waals surface area contributed by atoms with Gasteiger partial charge >= 0.3 is 0 Å². The number of likely N-dealkylation sites (tertiary alicyclic amines) is 1. The molecule has 1 aromatic carbocycles. The molecule has 0 aromatic heterocycles. The lowest BCUT2D eigenvalue weighted by molar-refractivity contribution is -0.135. The second-order valence-corrected chi connectivity index (χ2v) is 7.77. The van der Waals surface area contributed by atoms with Crippen LogP contribution in [0.5, 0.6) is 11.5 Å². The standard InChI is InChI=1S/C19H28N2O3S/c1-23-17-7-2-3-8-18(17)24-14-19(22)21-11-6-12-25-15-16(21)13-20-9-4-5-10-20/h2-3,7-8,16H,4-6,9-15H2,1H3. The van der Waals surface area contributed by atoms with E-state index in [1.54, 1.807) is 7.11 Å². The highest BCUT2D eigenvalue weighted by atomic mass is 32.2. The molecule has 2 aliphatic heterocycles. The number of para-hydroxylation sites is 2. The van der Waals surface area contributed by atoms with Crippen molar-refractivity contribution in [2.75, 3.05) is 51.4 Å². The van der Waals surface area contributed by atoms with Crippen molar-refractivity contribution < 1.29 is 14.3 Å². The summed E-state index contributed by atoms with van der Waals surface area (Å²) in [4.78, 5) is 17.4. The molecule has 2 aliphatic rings. The van der Waals surface area contributed by atoms with E-state index in [1.165, 1.54) is 25.9 Å². The summed E-state index contributed by atoms with van der Waals surface area (Å²) in [5.41, 5.74) is 0. The van der Waals surface area contributed by atoms with Crippen LogP contribution in [-0.2, 0) is 4.79 Å². The molecule has 0 radical (unpaired) electrons. The maximum atomic E-state index is 12.8. The number of hydrogen-bond acceptors (Lipinski definition) is 5. The smallest absolute Gasteiger partial charge is 0.260 e. The topological polar surface area (TPSA) is 42.0 Å². The molecule has 5 nitrogen and oxygen atoms in total. The Hall–Kier alpha value is -1.40. The molecule has 138 valence electrons. The maximum absolute atomic E-state index is 12.8. The Kier molecular flexibility index (Phi) is 6.87. The predicted octanol–water partition coefficient (Wildman–Crippen LogP) is 2.50. The second kappa shape index (κ2) is 9.34. The van der Waals surface area contributed by atoms with Crippen LogP contribution >= 0.6 is 11.8 Å². The van der Waals surface area contributed by atoms with Crippen LogP contribution in [0.3, 0.4) is 0 Å². The molecule has 0 spiro atoms. The van der Waals surface area contributed by atoms with Crippen molar-refractivity contribution in [3.63, 3.8) is 0 Å². The fourth-order valence-corrected chi connectivity index (χ4v) is 4.59. The summed E-state index contributed by atoms with van der Waals surface area (Å²) in [6.45, 7) is 4.23. The number of carbonyl (C=O) groups excluding carboxylic acids is 1. The van der Waals surface area contributed by atoms with E-state index in [2.05, 4.69) is 4.90 Å². The lowest BCUT2D eigenvalue weighted by Crippen LogP contribution is -2.49. The number of methoxy groups -OCH3 is 1. The molecule has 2 fully saturated rings. The van der Waals surface area contributed by atoms with Gasteiger partial charge in [-0.15, -0.1) is 0 Å². The van der Waals surface area contributed by atoms with Crippen LogP contribution in [0.25, 0.3) is 0 Å².